The lowest BCUT2D eigenvalue weighted by Gasteiger charge is -2.27. The van der Waals surface area contributed by atoms with E-state index in [1.807, 2.05) is 13.8 Å². The molecule has 0 aliphatic carbocycles. The van der Waals surface area contributed by atoms with E-state index >= 15 is 0 Å². The van der Waals surface area contributed by atoms with Gasteiger partial charge in [0.15, 0.2) is 0 Å². The highest BCUT2D eigenvalue weighted by atomic mass is 16.5. The molecular weight excluding hydrogens is 208 g/mol. The molecule has 0 aromatic heterocycles. The number of nitrogens with one attached hydrogen (secondary N) is 1. The fraction of sp³-hybridized carbons (Fsp3) is 0.909. The number of rotatable bonds is 6. The van der Waals surface area contributed by atoms with Crippen molar-refractivity contribution in [3.8, 4) is 0 Å². The molecule has 0 aromatic rings. The van der Waals surface area contributed by atoms with E-state index in [1.165, 1.54) is 0 Å². The third kappa shape index (κ3) is 4.92. The van der Waals surface area contributed by atoms with E-state index < -0.39 is 0 Å². The van der Waals surface area contributed by atoms with Crippen LogP contribution in [-0.4, -0.2) is 62.9 Å². The van der Waals surface area contributed by atoms with Crippen molar-refractivity contribution in [3.63, 3.8) is 0 Å². The van der Waals surface area contributed by atoms with Gasteiger partial charge in [0.25, 0.3) is 0 Å². The SMILES string of the molecule is CCOC(=O)C(C)NCCN1CCOCC1. The van der Waals surface area contributed by atoms with Crippen molar-refractivity contribution in [3.05, 3.63) is 0 Å². The fourth-order valence-electron chi connectivity index (χ4n) is 1.61. The molecule has 5 heteroatoms. The number of carbonyl (C=O) groups excluding carboxylic acids is 1. The summed E-state index contributed by atoms with van der Waals surface area (Å²) in [5.41, 5.74) is 0. The van der Waals surface area contributed by atoms with Crippen LogP contribution in [0, 0.1) is 0 Å². The van der Waals surface area contributed by atoms with Crippen molar-refractivity contribution in [2.45, 2.75) is 19.9 Å². The topological polar surface area (TPSA) is 50.8 Å². The highest BCUT2D eigenvalue weighted by molar-refractivity contribution is 5.75. The Labute approximate surface area is 97.1 Å². The Kier molecular flexibility index (Phi) is 6.37. The molecule has 1 rings (SSSR count). The molecule has 1 N–H and O–H groups in total. The highest BCUT2D eigenvalue weighted by Gasteiger charge is 2.14. The van der Waals surface area contributed by atoms with Crippen molar-refractivity contribution < 1.29 is 14.3 Å². The van der Waals surface area contributed by atoms with E-state index in [9.17, 15) is 4.79 Å². The Morgan fingerprint density at radius 3 is 2.81 bits per heavy atom. The smallest absolute Gasteiger partial charge is 0.322 e. The first-order chi connectivity index (χ1) is 7.74. The standard InChI is InChI=1S/C11H22N2O3/c1-3-16-11(14)10(2)12-4-5-13-6-8-15-9-7-13/h10,12H,3-9H2,1-2H3. The molecule has 16 heavy (non-hydrogen) atoms. The van der Waals surface area contributed by atoms with Crippen LogP contribution in [0.15, 0.2) is 0 Å². The van der Waals surface area contributed by atoms with Gasteiger partial charge in [-0.1, -0.05) is 0 Å². The van der Waals surface area contributed by atoms with Gasteiger partial charge in [-0.25, -0.2) is 0 Å². The normalized spacial score (nSPS) is 19.4. The summed E-state index contributed by atoms with van der Waals surface area (Å²) < 4.78 is 10.2. The summed E-state index contributed by atoms with van der Waals surface area (Å²) in [6, 6.07) is -0.221. The zero-order valence-corrected chi connectivity index (χ0v) is 10.2. The van der Waals surface area contributed by atoms with Gasteiger partial charge in [-0.15, -0.1) is 0 Å². The molecule has 1 atom stereocenters. The Hall–Kier alpha value is -0.650. The predicted molar refractivity (Wildman–Crippen MR) is 61.4 cm³/mol. The lowest BCUT2D eigenvalue weighted by Crippen LogP contribution is -2.43. The van der Waals surface area contributed by atoms with Crippen LogP contribution in [0.2, 0.25) is 0 Å². The average molecular weight is 230 g/mol. The summed E-state index contributed by atoms with van der Waals surface area (Å²) in [5, 5.41) is 3.16. The summed E-state index contributed by atoms with van der Waals surface area (Å²) in [6.45, 7) is 9.43. The average Bonchev–Trinajstić information content (AvgIpc) is 2.30. The van der Waals surface area contributed by atoms with Crippen LogP contribution in [0.3, 0.4) is 0 Å². The van der Waals surface area contributed by atoms with Crippen molar-refractivity contribution in [2.24, 2.45) is 0 Å². The van der Waals surface area contributed by atoms with Gasteiger partial charge < -0.3 is 14.8 Å². The van der Waals surface area contributed by atoms with Gasteiger partial charge in [0.05, 0.1) is 19.8 Å². The van der Waals surface area contributed by atoms with Crippen molar-refractivity contribution in [2.75, 3.05) is 46.0 Å². The molecule has 94 valence electrons. The Morgan fingerprint density at radius 1 is 1.50 bits per heavy atom. The third-order valence-electron chi connectivity index (χ3n) is 2.62. The van der Waals surface area contributed by atoms with Gasteiger partial charge in [0, 0.05) is 26.2 Å². The summed E-state index contributed by atoms with van der Waals surface area (Å²) in [7, 11) is 0. The molecule has 1 aliphatic heterocycles. The lowest BCUT2D eigenvalue weighted by atomic mass is 10.3. The van der Waals surface area contributed by atoms with Gasteiger partial charge in [-0.3, -0.25) is 9.69 Å². The van der Waals surface area contributed by atoms with Gasteiger partial charge >= 0.3 is 5.97 Å². The predicted octanol–water partition coefficient (Wildman–Crippen LogP) is -0.140. The van der Waals surface area contributed by atoms with Crippen molar-refractivity contribution >= 4 is 5.97 Å². The van der Waals surface area contributed by atoms with E-state index in [0.29, 0.717) is 6.61 Å². The Balaban J connectivity index is 2.07. The largest absolute Gasteiger partial charge is 0.465 e. The van der Waals surface area contributed by atoms with Crippen LogP contribution in [-0.2, 0) is 14.3 Å². The highest BCUT2D eigenvalue weighted by Crippen LogP contribution is 1.95. The zero-order valence-electron chi connectivity index (χ0n) is 10.2. The van der Waals surface area contributed by atoms with Crippen LogP contribution >= 0.6 is 0 Å². The summed E-state index contributed by atoms with van der Waals surface area (Å²) in [6.07, 6.45) is 0. The quantitative estimate of drug-likeness (QED) is 0.644. The monoisotopic (exact) mass is 230 g/mol. The van der Waals surface area contributed by atoms with E-state index in [0.717, 1.165) is 39.4 Å². The van der Waals surface area contributed by atoms with E-state index in [2.05, 4.69) is 10.2 Å². The Morgan fingerprint density at radius 2 is 2.19 bits per heavy atom. The number of esters is 1. The van der Waals surface area contributed by atoms with Gasteiger partial charge in [0.2, 0.25) is 0 Å². The number of morpholine rings is 1. The molecule has 0 spiro atoms. The first-order valence-electron chi connectivity index (χ1n) is 5.94. The lowest BCUT2D eigenvalue weighted by molar-refractivity contribution is -0.145. The van der Waals surface area contributed by atoms with Gasteiger partial charge in [0.1, 0.15) is 6.04 Å². The number of ether oxygens (including phenoxy) is 2. The van der Waals surface area contributed by atoms with E-state index in [4.69, 9.17) is 9.47 Å². The van der Waals surface area contributed by atoms with Crippen LogP contribution in [0.25, 0.3) is 0 Å². The maximum absolute atomic E-state index is 11.3. The van der Waals surface area contributed by atoms with Crippen LogP contribution in [0.5, 0.6) is 0 Å². The van der Waals surface area contributed by atoms with Crippen LogP contribution < -0.4 is 5.32 Å². The molecular formula is C11H22N2O3. The molecule has 1 aliphatic rings. The number of hydrogen-bond donors (Lipinski definition) is 1. The van der Waals surface area contributed by atoms with Crippen LogP contribution in [0.4, 0.5) is 0 Å². The molecule has 0 amide bonds. The minimum atomic E-state index is -0.221. The van der Waals surface area contributed by atoms with Gasteiger partial charge in [-0.2, -0.15) is 0 Å². The molecule has 5 nitrogen and oxygen atoms in total. The zero-order chi connectivity index (χ0) is 11.8. The van der Waals surface area contributed by atoms with Crippen LogP contribution in [0.1, 0.15) is 13.8 Å². The van der Waals surface area contributed by atoms with E-state index in [1.54, 1.807) is 0 Å². The minimum Gasteiger partial charge on any atom is -0.465 e. The van der Waals surface area contributed by atoms with Crippen molar-refractivity contribution in [1.29, 1.82) is 0 Å². The first-order valence-corrected chi connectivity index (χ1v) is 5.94. The molecule has 1 heterocycles. The Bertz CT molecular complexity index is 205. The molecule has 0 bridgehead atoms. The minimum absolute atomic E-state index is 0.176. The molecule has 1 fully saturated rings. The molecule has 0 radical (unpaired) electrons. The first kappa shape index (κ1) is 13.4. The summed E-state index contributed by atoms with van der Waals surface area (Å²) in [4.78, 5) is 13.6. The second-order valence-corrected chi connectivity index (χ2v) is 3.88. The van der Waals surface area contributed by atoms with Crippen molar-refractivity contribution in [1.82, 2.24) is 10.2 Å². The maximum Gasteiger partial charge on any atom is 0.322 e. The molecule has 1 unspecified atom stereocenters. The molecule has 1 saturated heterocycles. The second-order valence-electron chi connectivity index (χ2n) is 3.88. The van der Waals surface area contributed by atoms with Gasteiger partial charge in [-0.05, 0) is 13.8 Å². The third-order valence-corrected chi connectivity index (χ3v) is 2.62. The maximum atomic E-state index is 11.3. The summed E-state index contributed by atoms with van der Waals surface area (Å²) >= 11 is 0. The number of carbonyl (C=O) groups is 1. The summed E-state index contributed by atoms with van der Waals surface area (Å²) in [5.74, 6) is -0.176. The second kappa shape index (κ2) is 7.60. The number of nitrogens with zero attached hydrogens (tertiary/aromatic N) is 1. The molecule has 0 aromatic carbocycles. The molecule has 0 saturated carbocycles. The number of hydrogen-bond acceptors (Lipinski definition) is 5. The fourth-order valence-corrected chi connectivity index (χ4v) is 1.61. The van der Waals surface area contributed by atoms with E-state index in [-0.39, 0.29) is 12.0 Å².